The second-order valence-electron chi connectivity index (χ2n) is 3.71. The van der Waals surface area contributed by atoms with Crippen LogP contribution < -0.4 is 10.6 Å². The highest BCUT2D eigenvalue weighted by Gasteiger charge is 1.92. The first kappa shape index (κ1) is 15.2. The van der Waals surface area contributed by atoms with E-state index in [1.54, 1.807) is 12.5 Å². The van der Waals surface area contributed by atoms with Gasteiger partial charge in [0.25, 0.3) is 0 Å². The highest BCUT2D eigenvalue weighted by molar-refractivity contribution is 4.69. The monoisotopic (exact) mass is 260 g/mol. The van der Waals surface area contributed by atoms with Crippen molar-refractivity contribution in [1.29, 1.82) is 0 Å². The van der Waals surface area contributed by atoms with Crippen molar-refractivity contribution < 1.29 is 18.9 Å². The molecule has 0 aromatic carbocycles. The van der Waals surface area contributed by atoms with Gasteiger partial charge in [-0.25, -0.2) is 0 Å². The van der Waals surface area contributed by atoms with Gasteiger partial charge in [0.15, 0.2) is 0 Å². The average Bonchev–Trinajstić information content (AvgIpc) is 2.39. The molecule has 0 aromatic heterocycles. The molecule has 1 heterocycles. The number of hydrogen-bond donors (Lipinski definition) is 2. The van der Waals surface area contributed by atoms with Crippen LogP contribution in [-0.2, 0) is 18.9 Å². The summed E-state index contributed by atoms with van der Waals surface area (Å²) in [5.74, 6) is 0. The van der Waals surface area contributed by atoms with Gasteiger partial charge < -0.3 is 29.6 Å². The summed E-state index contributed by atoms with van der Waals surface area (Å²) in [7, 11) is 0. The van der Waals surface area contributed by atoms with E-state index in [4.69, 9.17) is 18.9 Å². The average molecular weight is 260 g/mol. The van der Waals surface area contributed by atoms with Gasteiger partial charge in [0.05, 0.1) is 45.9 Å². The second kappa shape index (κ2) is 12.6. The Morgan fingerprint density at radius 2 is 1.28 bits per heavy atom. The van der Waals surface area contributed by atoms with Crippen molar-refractivity contribution in [3.05, 3.63) is 12.5 Å². The molecule has 1 rings (SSSR count). The Bertz CT molecular complexity index is 183. The van der Waals surface area contributed by atoms with Crippen LogP contribution in [0.15, 0.2) is 12.5 Å². The third kappa shape index (κ3) is 10.3. The van der Waals surface area contributed by atoms with Gasteiger partial charge in [0.1, 0.15) is 6.61 Å². The molecule has 0 bridgehead atoms. The zero-order chi connectivity index (χ0) is 12.7. The molecule has 2 N–H and O–H groups in total. The van der Waals surface area contributed by atoms with Crippen LogP contribution in [0, 0.1) is 0 Å². The lowest BCUT2D eigenvalue weighted by Crippen LogP contribution is -2.25. The van der Waals surface area contributed by atoms with E-state index in [0.29, 0.717) is 46.2 Å². The van der Waals surface area contributed by atoms with E-state index in [9.17, 15) is 0 Å². The molecule has 18 heavy (non-hydrogen) atoms. The number of rotatable bonds is 0. The Morgan fingerprint density at radius 3 is 2.00 bits per heavy atom. The van der Waals surface area contributed by atoms with Gasteiger partial charge in [-0.15, -0.1) is 0 Å². The lowest BCUT2D eigenvalue weighted by Gasteiger charge is -2.08. The normalized spacial score (nSPS) is 22.2. The standard InChI is InChI=1S/C12H24N2O4/c1-5-15-9-10-17-7-3-14-4-8-18-12-11-16-6-2-13-1/h1,5,13-14H,2-4,6-12H2. The molecule has 0 spiro atoms. The van der Waals surface area contributed by atoms with E-state index in [0.717, 1.165) is 19.6 Å². The third-order valence-corrected chi connectivity index (χ3v) is 2.24. The first-order valence-corrected chi connectivity index (χ1v) is 6.44. The molecule has 0 amide bonds. The predicted molar refractivity (Wildman–Crippen MR) is 68.4 cm³/mol. The Kier molecular flexibility index (Phi) is 10.7. The Morgan fingerprint density at radius 1 is 0.667 bits per heavy atom. The van der Waals surface area contributed by atoms with Crippen molar-refractivity contribution in [2.24, 2.45) is 0 Å². The summed E-state index contributed by atoms with van der Waals surface area (Å²) in [5, 5.41) is 6.30. The van der Waals surface area contributed by atoms with Crippen LogP contribution in [0.25, 0.3) is 0 Å². The fourth-order valence-electron chi connectivity index (χ4n) is 1.32. The lowest BCUT2D eigenvalue weighted by molar-refractivity contribution is 0.0486. The number of ether oxygens (including phenoxy) is 4. The fraction of sp³-hybridized carbons (Fsp3) is 0.833. The summed E-state index contributed by atoms with van der Waals surface area (Å²) in [4.78, 5) is 0. The Hall–Kier alpha value is -0.820. The molecule has 1 aliphatic heterocycles. The van der Waals surface area contributed by atoms with Crippen LogP contribution in [0.5, 0.6) is 0 Å². The minimum atomic E-state index is 0.567. The molecule has 0 aliphatic carbocycles. The summed E-state index contributed by atoms with van der Waals surface area (Å²) < 4.78 is 21.4. The van der Waals surface area contributed by atoms with E-state index in [1.165, 1.54) is 0 Å². The van der Waals surface area contributed by atoms with Crippen molar-refractivity contribution in [1.82, 2.24) is 10.6 Å². The van der Waals surface area contributed by atoms with Gasteiger partial charge in [-0.1, -0.05) is 0 Å². The maximum atomic E-state index is 5.40. The Labute approximate surface area is 109 Å². The largest absolute Gasteiger partial charge is 0.497 e. The van der Waals surface area contributed by atoms with Gasteiger partial charge in [0, 0.05) is 25.8 Å². The van der Waals surface area contributed by atoms with Crippen LogP contribution in [0.3, 0.4) is 0 Å². The zero-order valence-corrected chi connectivity index (χ0v) is 10.9. The lowest BCUT2D eigenvalue weighted by atomic mass is 10.6. The molecule has 106 valence electrons. The molecule has 0 atom stereocenters. The smallest absolute Gasteiger partial charge is 0.111 e. The molecule has 0 saturated heterocycles. The molecule has 0 aromatic rings. The van der Waals surface area contributed by atoms with Gasteiger partial charge in [-0.05, 0) is 0 Å². The highest BCUT2D eigenvalue weighted by Crippen LogP contribution is 1.82. The quantitative estimate of drug-likeness (QED) is 0.624. The van der Waals surface area contributed by atoms with Crippen LogP contribution in [0.2, 0.25) is 0 Å². The summed E-state index contributed by atoms with van der Waals surface area (Å²) in [6.45, 7) is 6.92. The SMILES string of the molecule is C1=COCCOCCNCCOCCOCCN1. The van der Waals surface area contributed by atoms with Crippen LogP contribution >= 0.6 is 0 Å². The summed E-state index contributed by atoms with van der Waals surface area (Å²) in [6.07, 6.45) is 3.40. The summed E-state index contributed by atoms with van der Waals surface area (Å²) >= 11 is 0. The van der Waals surface area contributed by atoms with Crippen LogP contribution in [-0.4, -0.2) is 65.9 Å². The zero-order valence-electron chi connectivity index (χ0n) is 10.9. The van der Waals surface area contributed by atoms with Crippen molar-refractivity contribution in [3.8, 4) is 0 Å². The van der Waals surface area contributed by atoms with E-state index in [2.05, 4.69) is 10.6 Å². The fourth-order valence-corrected chi connectivity index (χ4v) is 1.32. The Balaban J connectivity index is 2.06. The topological polar surface area (TPSA) is 61.0 Å². The minimum absolute atomic E-state index is 0.567. The molecule has 6 nitrogen and oxygen atoms in total. The number of nitrogens with one attached hydrogen (secondary N) is 2. The maximum Gasteiger partial charge on any atom is 0.111 e. The second-order valence-corrected chi connectivity index (χ2v) is 3.71. The van der Waals surface area contributed by atoms with Crippen LogP contribution in [0.4, 0.5) is 0 Å². The molecular weight excluding hydrogens is 236 g/mol. The molecule has 0 fully saturated rings. The molecular formula is C12H24N2O4. The summed E-state index contributed by atoms with van der Waals surface area (Å²) in [6, 6.07) is 0. The molecule has 1 aliphatic rings. The highest BCUT2D eigenvalue weighted by atomic mass is 16.5. The first-order valence-electron chi connectivity index (χ1n) is 6.44. The van der Waals surface area contributed by atoms with Crippen molar-refractivity contribution in [2.45, 2.75) is 0 Å². The van der Waals surface area contributed by atoms with Crippen molar-refractivity contribution in [2.75, 3.05) is 65.9 Å². The molecule has 0 saturated carbocycles. The van der Waals surface area contributed by atoms with Crippen LogP contribution in [0.1, 0.15) is 0 Å². The molecule has 6 heteroatoms. The maximum absolute atomic E-state index is 5.40. The van der Waals surface area contributed by atoms with Gasteiger partial charge in [0.2, 0.25) is 0 Å². The first-order chi connectivity index (χ1) is 9.00. The predicted octanol–water partition coefficient (Wildman–Crippen LogP) is -0.283. The van der Waals surface area contributed by atoms with E-state index >= 15 is 0 Å². The van der Waals surface area contributed by atoms with E-state index in [1.807, 2.05) is 0 Å². The van der Waals surface area contributed by atoms with E-state index in [-0.39, 0.29) is 0 Å². The molecule has 0 unspecified atom stereocenters. The third-order valence-electron chi connectivity index (χ3n) is 2.24. The summed E-state index contributed by atoms with van der Waals surface area (Å²) in [5.41, 5.74) is 0. The van der Waals surface area contributed by atoms with Crippen molar-refractivity contribution >= 4 is 0 Å². The number of hydrogen-bond acceptors (Lipinski definition) is 6. The molecule has 0 radical (unpaired) electrons. The van der Waals surface area contributed by atoms with Crippen molar-refractivity contribution in [3.63, 3.8) is 0 Å². The van der Waals surface area contributed by atoms with Gasteiger partial charge >= 0.3 is 0 Å². The minimum Gasteiger partial charge on any atom is -0.497 e. The van der Waals surface area contributed by atoms with E-state index < -0.39 is 0 Å². The van der Waals surface area contributed by atoms with Gasteiger partial charge in [-0.3, -0.25) is 0 Å². The van der Waals surface area contributed by atoms with Gasteiger partial charge in [-0.2, -0.15) is 0 Å².